The van der Waals surface area contributed by atoms with Gasteiger partial charge in [0, 0.05) is 38.4 Å². The predicted octanol–water partition coefficient (Wildman–Crippen LogP) is 2.42. The van der Waals surface area contributed by atoms with Crippen LogP contribution in [0.1, 0.15) is 12.5 Å². The number of allylic oxidation sites excluding steroid dienone is 1. The Labute approximate surface area is 200 Å². The quantitative estimate of drug-likeness (QED) is 0.125. The number of sulfone groups is 1. The summed E-state index contributed by atoms with van der Waals surface area (Å²) >= 11 is 0. The van der Waals surface area contributed by atoms with E-state index in [1.165, 1.54) is 31.2 Å². The van der Waals surface area contributed by atoms with E-state index in [0.717, 1.165) is 12.1 Å². The van der Waals surface area contributed by atoms with Gasteiger partial charge in [0.15, 0.2) is 15.5 Å². The maximum absolute atomic E-state index is 12.5. The number of hydrogen-bond donors (Lipinski definition) is 5. The molecule has 0 spiro atoms. The first-order valence-corrected chi connectivity index (χ1v) is 12.5. The number of azo groups is 1. The first-order chi connectivity index (χ1) is 16.2. The zero-order valence-corrected chi connectivity index (χ0v) is 20.2. The lowest BCUT2D eigenvalue weighted by molar-refractivity contribution is -0.113. The van der Waals surface area contributed by atoms with E-state index in [0.29, 0.717) is 37.6 Å². The molecule has 0 unspecified atom stereocenters. The van der Waals surface area contributed by atoms with Crippen molar-refractivity contribution in [3.05, 3.63) is 65.6 Å². The van der Waals surface area contributed by atoms with Crippen LogP contribution in [0.4, 0.5) is 11.4 Å². The third-order valence-electron chi connectivity index (χ3n) is 4.76. The van der Waals surface area contributed by atoms with Crippen molar-refractivity contribution in [1.82, 2.24) is 10.6 Å². The first-order valence-electron chi connectivity index (χ1n) is 10.9. The number of carbonyl (C=O) groups is 1. The Bertz CT molecular complexity index is 1110. The molecule has 0 aliphatic carbocycles. The number of aliphatic hydroxyl groups excluding tert-OH is 1. The predicted molar refractivity (Wildman–Crippen MR) is 133 cm³/mol. The van der Waals surface area contributed by atoms with Gasteiger partial charge in [0.25, 0.3) is 5.91 Å². The normalized spacial score (nSPS) is 12.6. The van der Waals surface area contributed by atoms with E-state index >= 15 is 0 Å². The molecule has 0 aromatic heterocycles. The number of rotatable bonds is 13. The van der Waals surface area contributed by atoms with E-state index in [2.05, 4.69) is 26.2 Å². The Balaban J connectivity index is 1.97. The second-order valence-corrected chi connectivity index (χ2v) is 9.61. The summed E-state index contributed by atoms with van der Waals surface area (Å²) < 4.78 is 25.0. The molecule has 0 aliphatic heterocycles. The van der Waals surface area contributed by atoms with Crippen LogP contribution in [0.25, 0.3) is 0 Å². The highest BCUT2D eigenvalue weighted by Crippen LogP contribution is 2.20. The molecule has 0 saturated carbocycles. The number of hydrogen-bond acceptors (Lipinski definition) is 9. The van der Waals surface area contributed by atoms with Gasteiger partial charge in [-0.25, -0.2) is 8.42 Å². The highest BCUT2D eigenvalue weighted by molar-refractivity contribution is 7.91. The fourth-order valence-electron chi connectivity index (χ4n) is 2.86. The molecule has 34 heavy (non-hydrogen) atoms. The molecule has 6 N–H and O–H groups in total. The molecule has 2 aromatic carbocycles. The van der Waals surface area contributed by atoms with Gasteiger partial charge in [-0.05, 0) is 49.7 Å². The van der Waals surface area contributed by atoms with Crippen molar-refractivity contribution in [2.24, 2.45) is 16.0 Å². The molecule has 0 fully saturated rings. The van der Waals surface area contributed by atoms with Gasteiger partial charge in [-0.1, -0.05) is 18.2 Å². The lowest BCUT2D eigenvalue weighted by Crippen LogP contribution is -2.32. The number of anilines is 1. The standard InChI is InChI=1S/C23H32N6O4S/c1-17-5-3-4-6-21(17)27-23(31)22(18(2)30)29-28-19-7-9-20(10-8-19)34(32,33)16-15-26-14-13-25-12-11-24/h3-10,25-26,30H,11-16,24H2,1-2H3,(H,27,31). The van der Waals surface area contributed by atoms with Crippen LogP contribution in [-0.2, 0) is 14.6 Å². The third kappa shape index (κ3) is 8.67. The van der Waals surface area contributed by atoms with E-state index in [1.807, 2.05) is 19.1 Å². The summed E-state index contributed by atoms with van der Waals surface area (Å²) in [7, 11) is -3.46. The zero-order chi connectivity index (χ0) is 25.0. The maximum Gasteiger partial charge on any atom is 0.279 e. The molecular weight excluding hydrogens is 456 g/mol. The molecule has 0 atom stereocenters. The molecule has 184 valence electrons. The second kappa shape index (κ2) is 13.6. The number of nitrogens with one attached hydrogen (secondary N) is 3. The van der Waals surface area contributed by atoms with Crippen LogP contribution in [0, 0.1) is 6.92 Å². The van der Waals surface area contributed by atoms with E-state index in [-0.39, 0.29) is 22.1 Å². The SMILES string of the molecule is CC(O)=C(N=Nc1ccc(S(=O)(=O)CCNCCNCCN)cc1)C(=O)Nc1ccccc1C. The Morgan fingerprint density at radius 1 is 1.00 bits per heavy atom. The van der Waals surface area contributed by atoms with Gasteiger partial charge in [-0.15, -0.1) is 5.11 Å². The minimum Gasteiger partial charge on any atom is -0.510 e. The Kier molecular flexibility index (Phi) is 10.8. The number of amides is 1. The fourth-order valence-corrected chi connectivity index (χ4v) is 4.06. The highest BCUT2D eigenvalue weighted by Gasteiger charge is 2.15. The molecule has 0 radical (unpaired) electrons. The topological polar surface area (TPSA) is 158 Å². The third-order valence-corrected chi connectivity index (χ3v) is 6.49. The van der Waals surface area contributed by atoms with Crippen molar-refractivity contribution < 1.29 is 18.3 Å². The first kappa shape index (κ1) is 27.1. The monoisotopic (exact) mass is 488 g/mol. The average Bonchev–Trinajstić information content (AvgIpc) is 2.80. The Morgan fingerprint density at radius 2 is 1.65 bits per heavy atom. The van der Waals surface area contributed by atoms with Crippen LogP contribution in [0.3, 0.4) is 0 Å². The molecule has 0 saturated heterocycles. The second-order valence-electron chi connectivity index (χ2n) is 7.50. The van der Waals surface area contributed by atoms with Crippen molar-refractivity contribution in [1.29, 1.82) is 0 Å². The van der Waals surface area contributed by atoms with Crippen LogP contribution in [0.15, 0.2) is 75.1 Å². The molecule has 1 amide bonds. The van der Waals surface area contributed by atoms with E-state index in [9.17, 15) is 18.3 Å². The molecular formula is C23H32N6O4S. The van der Waals surface area contributed by atoms with E-state index < -0.39 is 15.7 Å². The molecule has 0 heterocycles. The Hall–Kier alpha value is -3.12. The summed E-state index contributed by atoms with van der Waals surface area (Å²) in [6.07, 6.45) is 0. The number of nitrogens with zero attached hydrogens (tertiary/aromatic N) is 2. The largest absolute Gasteiger partial charge is 0.510 e. The number of aryl methyl sites for hydroxylation is 1. The van der Waals surface area contributed by atoms with Gasteiger partial charge in [0.05, 0.1) is 16.3 Å². The van der Waals surface area contributed by atoms with Gasteiger partial charge in [-0.3, -0.25) is 4.79 Å². The molecule has 11 heteroatoms. The molecule has 10 nitrogen and oxygen atoms in total. The van der Waals surface area contributed by atoms with Crippen LogP contribution >= 0.6 is 0 Å². The summed E-state index contributed by atoms with van der Waals surface area (Å²) in [5.41, 5.74) is 6.94. The van der Waals surface area contributed by atoms with Crippen molar-refractivity contribution in [3.63, 3.8) is 0 Å². The summed E-state index contributed by atoms with van der Waals surface area (Å²) in [5, 5.41) is 26.6. The number of aliphatic hydroxyl groups is 1. The summed E-state index contributed by atoms with van der Waals surface area (Å²) in [6, 6.07) is 13.1. The number of para-hydroxylation sites is 1. The minimum atomic E-state index is -3.46. The summed E-state index contributed by atoms with van der Waals surface area (Å²) in [4.78, 5) is 12.7. The van der Waals surface area contributed by atoms with E-state index in [4.69, 9.17) is 5.73 Å². The van der Waals surface area contributed by atoms with Crippen LogP contribution in [0.5, 0.6) is 0 Å². The van der Waals surface area contributed by atoms with Crippen molar-refractivity contribution in [3.8, 4) is 0 Å². The van der Waals surface area contributed by atoms with Crippen molar-refractivity contribution in [2.75, 3.05) is 43.8 Å². The van der Waals surface area contributed by atoms with Gasteiger partial charge in [0.1, 0.15) is 5.76 Å². The molecule has 2 rings (SSSR count). The van der Waals surface area contributed by atoms with Gasteiger partial charge >= 0.3 is 0 Å². The number of benzene rings is 2. The van der Waals surface area contributed by atoms with Gasteiger partial charge in [-0.2, -0.15) is 5.11 Å². The lowest BCUT2D eigenvalue weighted by Gasteiger charge is -2.08. The van der Waals surface area contributed by atoms with Gasteiger partial charge in [0.2, 0.25) is 0 Å². The average molecular weight is 489 g/mol. The van der Waals surface area contributed by atoms with Gasteiger partial charge < -0.3 is 26.8 Å². The van der Waals surface area contributed by atoms with E-state index in [1.54, 1.807) is 12.1 Å². The minimum absolute atomic E-state index is 0.0412. The zero-order valence-electron chi connectivity index (χ0n) is 19.4. The highest BCUT2D eigenvalue weighted by atomic mass is 32.2. The lowest BCUT2D eigenvalue weighted by atomic mass is 10.2. The van der Waals surface area contributed by atoms with Crippen LogP contribution in [0.2, 0.25) is 0 Å². The maximum atomic E-state index is 12.5. The molecule has 0 bridgehead atoms. The summed E-state index contributed by atoms with van der Waals surface area (Å²) in [5.74, 6) is -0.941. The van der Waals surface area contributed by atoms with Crippen molar-refractivity contribution >= 4 is 27.1 Å². The summed E-state index contributed by atoms with van der Waals surface area (Å²) in [6.45, 7) is 6.14. The van der Waals surface area contributed by atoms with Crippen molar-refractivity contribution in [2.45, 2.75) is 18.7 Å². The smallest absolute Gasteiger partial charge is 0.279 e. The number of carbonyl (C=O) groups excluding carboxylic acids is 1. The van der Waals surface area contributed by atoms with Crippen LogP contribution < -0.4 is 21.7 Å². The van der Waals surface area contributed by atoms with Crippen LogP contribution in [-0.4, -0.2) is 57.9 Å². The number of nitrogens with two attached hydrogens (primary N) is 1. The molecule has 2 aromatic rings. The fraction of sp³-hybridized carbons (Fsp3) is 0.348. The Morgan fingerprint density at radius 3 is 2.26 bits per heavy atom. The molecule has 0 aliphatic rings.